The van der Waals surface area contributed by atoms with Crippen LogP contribution in [-0.2, 0) is 11.2 Å². The number of aryl methyl sites for hydroxylation is 1. The fraction of sp³-hybridized carbons (Fsp3) is 0.273. The van der Waals surface area contributed by atoms with Gasteiger partial charge in [0.1, 0.15) is 5.75 Å². The molecule has 0 bridgehead atoms. The molecule has 5 heteroatoms. The largest absolute Gasteiger partial charge is 0.497 e. The molecular weight excluding hydrogens is 338 g/mol. The highest BCUT2D eigenvalue weighted by Gasteiger charge is 2.19. The summed E-state index contributed by atoms with van der Waals surface area (Å²) in [6.07, 6.45) is 8.10. The quantitative estimate of drug-likeness (QED) is 0.752. The van der Waals surface area contributed by atoms with Crippen LogP contribution in [0.2, 0.25) is 0 Å². The number of benzene rings is 1. The number of carbonyl (C=O) groups excluding carboxylic acids is 1. The Labute approximate surface area is 158 Å². The normalized spacial score (nSPS) is 14.3. The van der Waals surface area contributed by atoms with Crippen LogP contribution in [-0.4, -0.2) is 41.0 Å². The summed E-state index contributed by atoms with van der Waals surface area (Å²) in [4.78, 5) is 22.3. The van der Waals surface area contributed by atoms with E-state index in [2.05, 4.69) is 16.0 Å². The van der Waals surface area contributed by atoms with Crippen LogP contribution in [0.4, 0.5) is 0 Å². The van der Waals surface area contributed by atoms with Crippen LogP contribution >= 0.6 is 0 Å². The molecule has 1 amide bonds. The summed E-state index contributed by atoms with van der Waals surface area (Å²) in [7, 11) is 1.66. The van der Waals surface area contributed by atoms with E-state index in [-0.39, 0.29) is 5.91 Å². The van der Waals surface area contributed by atoms with Gasteiger partial charge in [0.2, 0.25) is 5.91 Å². The number of aromatic amines is 1. The van der Waals surface area contributed by atoms with Crippen molar-refractivity contribution in [3.63, 3.8) is 0 Å². The molecule has 0 unspecified atom stereocenters. The molecule has 0 fully saturated rings. The molecule has 0 atom stereocenters. The molecule has 3 heterocycles. The van der Waals surface area contributed by atoms with Gasteiger partial charge in [0.05, 0.1) is 18.1 Å². The Bertz CT molecular complexity index is 990. The summed E-state index contributed by atoms with van der Waals surface area (Å²) in [6, 6.07) is 11.9. The van der Waals surface area contributed by atoms with Crippen molar-refractivity contribution in [2.24, 2.45) is 0 Å². The predicted molar refractivity (Wildman–Crippen MR) is 107 cm³/mol. The summed E-state index contributed by atoms with van der Waals surface area (Å²) in [5, 5.41) is 0. The van der Waals surface area contributed by atoms with Crippen LogP contribution in [0.15, 0.2) is 54.9 Å². The Morgan fingerprint density at radius 3 is 3.04 bits per heavy atom. The molecule has 1 N–H and O–H groups in total. The van der Waals surface area contributed by atoms with Crippen LogP contribution in [0.1, 0.15) is 24.0 Å². The molecule has 27 heavy (non-hydrogen) atoms. The third-order valence-corrected chi connectivity index (χ3v) is 5.10. The molecule has 0 radical (unpaired) electrons. The first kappa shape index (κ1) is 17.3. The van der Waals surface area contributed by atoms with Crippen molar-refractivity contribution in [1.29, 1.82) is 0 Å². The number of methoxy groups -OCH3 is 1. The van der Waals surface area contributed by atoms with E-state index in [4.69, 9.17) is 4.74 Å². The van der Waals surface area contributed by atoms with Crippen LogP contribution in [0.5, 0.6) is 5.75 Å². The number of fused-ring (bicyclic) bond motifs is 1. The lowest BCUT2D eigenvalue weighted by Crippen LogP contribution is -2.34. The highest BCUT2D eigenvalue weighted by atomic mass is 16.5. The van der Waals surface area contributed by atoms with E-state index < -0.39 is 0 Å². The van der Waals surface area contributed by atoms with E-state index >= 15 is 0 Å². The lowest BCUT2D eigenvalue weighted by atomic mass is 10.0. The number of carbonyl (C=O) groups is 1. The number of ether oxygens (including phenoxy) is 1. The zero-order valence-corrected chi connectivity index (χ0v) is 15.4. The Hall–Kier alpha value is -3.08. The fourth-order valence-electron chi connectivity index (χ4n) is 3.58. The number of hydrogen-bond donors (Lipinski definition) is 1. The molecule has 5 nitrogen and oxygen atoms in total. The van der Waals surface area contributed by atoms with E-state index in [1.54, 1.807) is 7.11 Å². The highest BCUT2D eigenvalue weighted by molar-refractivity contribution is 5.90. The maximum Gasteiger partial charge on any atom is 0.223 e. The molecule has 2 aromatic heterocycles. The second-order valence-electron chi connectivity index (χ2n) is 6.77. The molecule has 4 rings (SSSR count). The first-order valence-electron chi connectivity index (χ1n) is 9.27. The molecule has 138 valence electrons. The Morgan fingerprint density at radius 2 is 2.22 bits per heavy atom. The highest BCUT2D eigenvalue weighted by Crippen LogP contribution is 2.28. The van der Waals surface area contributed by atoms with Crippen molar-refractivity contribution < 1.29 is 9.53 Å². The zero-order chi connectivity index (χ0) is 18.6. The molecule has 1 aliphatic heterocycles. The summed E-state index contributed by atoms with van der Waals surface area (Å²) < 4.78 is 5.24. The molecule has 3 aromatic rings. The molecule has 1 aromatic carbocycles. The van der Waals surface area contributed by atoms with Gasteiger partial charge in [-0.05, 0) is 48.2 Å². The van der Waals surface area contributed by atoms with E-state index in [9.17, 15) is 4.79 Å². The van der Waals surface area contributed by atoms with Gasteiger partial charge in [-0.1, -0.05) is 18.2 Å². The summed E-state index contributed by atoms with van der Waals surface area (Å²) in [6.45, 7) is 1.41. The van der Waals surface area contributed by atoms with Crippen LogP contribution in [0.25, 0.3) is 16.6 Å². The van der Waals surface area contributed by atoms with E-state index in [0.717, 1.165) is 47.3 Å². The van der Waals surface area contributed by atoms with Crippen molar-refractivity contribution in [2.45, 2.75) is 19.3 Å². The number of nitrogens with zero attached hydrogens (tertiary/aromatic N) is 2. The number of pyridine rings is 1. The second-order valence-corrected chi connectivity index (χ2v) is 6.77. The monoisotopic (exact) mass is 361 g/mol. The average molecular weight is 361 g/mol. The Balaban J connectivity index is 1.38. The number of rotatable bonds is 5. The Morgan fingerprint density at radius 1 is 1.30 bits per heavy atom. The minimum atomic E-state index is 0.199. The number of nitrogens with one attached hydrogen (secondary N) is 1. The number of H-pyrrole nitrogens is 1. The van der Waals surface area contributed by atoms with Crippen molar-refractivity contribution in [3.05, 3.63) is 66.0 Å². The van der Waals surface area contributed by atoms with Crippen molar-refractivity contribution >= 4 is 22.5 Å². The average Bonchev–Trinajstić information content (AvgIpc) is 3.16. The maximum atomic E-state index is 12.6. The van der Waals surface area contributed by atoms with Gasteiger partial charge in [-0.15, -0.1) is 0 Å². The Kier molecular flexibility index (Phi) is 4.92. The SMILES string of the molecule is COc1cccc(CCC(=O)N2CC=C(c3c[nH]c4cccnc34)CC2)c1. The molecule has 1 aliphatic rings. The number of aromatic nitrogens is 2. The lowest BCUT2D eigenvalue weighted by Gasteiger charge is -2.26. The van der Waals surface area contributed by atoms with Crippen LogP contribution in [0, 0.1) is 0 Å². The van der Waals surface area contributed by atoms with Crippen molar-refractivity contribution in [2.75, 3.05) is 20.2 Å². The third-order valence-electron chi connectivity index (χ3n) is 5.10. The lowest BCUT2D eigenvalue weighted by molar-refractivity contribution is -0.130. The molecule has 0 saturated carbocycles. The molecular formula is C22H23N3O2. The zero-order valence-electron chi connectivity index (χ0n) is 15.4. The molecule has 0 saturated heterocycles. The van der Waals surface area contributed by atoms with Gasteiger partial charge in [0, 0.05) is 37.5 Å². The van der Waals surface area contributed by atoms with Gasteiger partial charge in [0.25, 0.3) is 0 Å². The minimum Gasteiger partial charge on any atom is -0.497 e. The smallest absolute Gasteiger partial charge is 0.223 e. The van der Waals surface area contributed by atoms with E-state index in [1.807, 2.05) is 53.7 Å². The summed E-state index contributed by atoms with van der Waals surface area (Å²) in [5.74, 6) is 1.03. The van der Waals surface area contributed by atoms with Crippen LogP contribution < -0.4 is 4.74 Å². The standard InChI is InChI=1S/C22H23N3O2/c1-27-18-5-2-4-16(14-18)7-8-21(26)25-12-9-17(10-13-25)19-15-24-20-6-3-11-23-22(19)20/h2-6,9,11,14-15,24H,7-8,10,12-13H2,1H3. The first-order chi connectivity index (χ1) is 13.2. The third kappa shape index (κ3) is 3.72. The van der Waals surface area contributed by atoms with Gasteiger partial charge < -0.3 is 14.6 Å². The summed E-state index contributed by atoms with van der Waals surface area (Å²) >= 11 is 0. The molecule has 0 spiro atoms. The van der Waals surface area contributed by atoms with Crippen molar-refractivity contribution in [3.8, 4) is 5.75 Å². The number of amides is 1. The summed E-state index contributed by atoms with van der Waals surface area (Å²) in [5.41, 5.74) is 5.58. The second kappa shape index (κ2) is 7.66. The van der Waals surface area contributed by atoms with Gasteiger partial charge in [-0.2, -0.15) is 0 Å². The fourth-order valence-corrected chi connectivity index (χ4v) is 3.58. The van der Waals surface area contributed by atoms with Crippen molar-refractivity contribution in [1.82, 2.24) is 14.9 Å². The maximum absolute atomic E-state index is 12.6. The first-order valence-corrected chi connectivity index (χ1v) is 9.27. The van der Waals surface area contributed by atoms with Gasteiger partial charge >= 0.3 is 0 Å². The topological polar surface area (TPSA) is 58.2 Å². The van der Waals surface area contributed by atoms with Gasteiger partial charge in [-0.25, -0.2) is 0 Å². The van der Waals surface area contributed by atoms with E-state index in [1.165, 1.54) is 5.57 Å². The predicted octanol–water partition coefficient (Wildman–Crippen LogP) is 3.82. The van der Waals surface area contributed by atoms with E-state index in [0.29, 0.717) is 13.0 Å². The van der Waals surface area contributed by atoms with Gasteiger partial charge in [-0.3, -0.25) is 9.78 Å². The van der Waals surface area contributed by atoms with Gasteiger partial charge in [0.15, 0.2) is 0 Å². The van der Waals surface area contributed by atoms with Crippen LogP contribution in [0.3, 0.4) is 0 Å². The number of hydrogen-bond acceptors (Lipinski definition) is 3. The molecule has 0 aliphatic carbocycles. The minimum absolute atomic E-state index is 0.199.